The predicted molar refractivity (Wildman–Crippen MR) is 99.1 cm³/mol. The van der Waals surface area contributed by atoms with Crippen molar-refractivity contribution in [3.8, 4) is 0 Å². The van der Waals surface area contributed by atoms with E-state index in [9.17, 15) is 0 Å². The van der Waals surface area contributed by atoms with Gasteiger partial charge in [-0.25, -0.2) is 4.98 Å². The van der Waals surface area contributed by atoms with Crippen molar-refractivity contribution in [2.24, 2.45) is 0 Å². The van der Waals surface area contributed by atoms with Crippen LogP contribution in [0.4, 0.5) is 11.5 Å². The van der Waals surface area contributed by atoms with Gasteiger partial charge in [-0.3, -0.25) is 0 Å². The largest absolute Gasteiger partial charge is 0.384 e. The average molecular weight is 368 g/mol. The van der Waals surface area contributed by atoms with Crippen LogP contribution in [0.15, 0.2) is 77.4 Å². The molecule has 1 heterocycles. The summed E-state index contributed by atoms with van der Waals surface area (Å²) in [6, 6.07) is 22.8. The highest BCUT2D eigenvalue weighted by atomic mass is 79.9. The molecule has 0 saturated carbocycles. The van der Waals surface area contributed by atoms with E-state index in [0.717, 1.165) is 23.2 Å². The predicted octanol–water partition coefficient (Wildman–Crippen LogP) is 4.63. The lowest BCUT2D eigenvalue weighted by atomic mass is 10.1. The summed E-state index contributed by atoms with van der Waals surface area (Å²) in [7, 11) is 0. The van der Waals surface area contributed by atoms with E-state index in [0.29, 0.717) is 5.82 Å². The van der Waals surface area contributed by atoms with Crippen molar-refractivity contribution in [2.45, 2.75) is 13.1 Å². The second-order valence-corrected chi connectivity index (χ2v) is 6.24. The molecule has 0 aliphatic rings. The lowest BCUT2D eigenvalue weighted by Crippen LogP contribution is -2.22. The van der Waals surface area contributed by atoms with E-state index in [1.165, 1.54) is 11.1 Å². The summed E-state index contributed by atoms with van der Waals surface area (Å²) in [5.74, 6) is 0.523. The SMILES string of the molecule is Nc1cc(N(Cc2ccccc2)Cc2ccccc2)c(Br)cn1. The summed E-state index contributed by atoms with van der Waals surface area (Å²) in [5.41, 5.74) is 9.45. The summed E-state index contributed by atoms with van der Waals surface area (Å²) < 4.78 is 0.943. The highest BCUT2D eigenvalue weighted by Gasteiger charge is 2.12. The minimum Gasteiger partial charge on any atom is -0.384 e. The normalized spacial score (nSPS) is 10.5. The van der Waals surface area contributed by atoms with E-state index in [2.05, 4.69) is 74.3 Å². The van der Waals surface area contributed by atoms with Crippen molar-refractivity contribution in [1.82, 2.24) is 4.98 Å². The van der Waals surface area contributed by atoms with Crippen molar-refractivity contribution in [2.75, 3.05) is 10.6 Å². The summed E-state index contributed by atoms with van der Waals surface area (Å²) in [6.45, 7) is 1.61. The molecule has 0 radical (unpaired) electrons. The molecular weight excluding hydrogens is 350 g/mol. The third-order valence-corrected chi connectivity index (χ3v) is 4.24. The Morgan fingerprint density at radius 1 is 0.870 bits per heavy atom. The molecule has 2 N–H and O–H groups in total. The van der Waals surface area contributed by atoms with E-state index < -0.39 is 0 Å². The number of aromatic nitrogens is 1. The molecule has 3 rings (SSSR count). The molecule has 0 unspecified atom stereocenters. The Morgan fingerprint density at radius 3 is 1.91 bits per heavy atom. The molecule has 1 aromatic heterocycles. The molecule has 3 nitrogen and oxygen atoms in total. The fourth-order valence-corrected chi connectivity index (χ4v) is 2.99. The van der Waals surface area contributed by atoms with Gasteiger partial charge in [-0.05, 0) is 27.1 Å². The Morgan fingerprint density at radius 2 is 1.39 bits per heavy atom. The molecule has 3 aromatic rings. The Labute approximate surface area is 144 Å². The van der Waals surface area contributed by atoms with E-state index in [1.54, 1.807) is 6.20 Å². The number of hydrogen-bond acceptors (Lipinski definition) is 3. The first-order valence-corrected chi connectivity index (χ1v) is 8.25. The lowest BCUT2D eigenvalue weighted by molar-refractivity contribution is 0.797. The number of nitrogens with zero attached hydrogens (tertiary/aromatic N) is 2. The standard InChI is InChI=1S/C19H18BrN3/c20-17-12-22-19(21)11-18(17)23(13-15-7-3-1-4-8-15)14-16-9-5-2-6-10-16/h1-12H,13-14H2,(H2,21,22). The molecule has 23 heavy (non-hydrogen) atoms. The molecule has 116 valence electrons. The van der Waals surface area contributed by atoms with Gasteiger partial charge in [-0.15, -0.1) is 0 Å². The molecule has 4 heteroatoms. The van der Waals surface area contributed by atoms with Gasteiger partial charge in [0.05, 0.1) is 10.2 Å². The van der Waals surface area contributed by atoms with Crippen LogP contribution in [0.3, 0.4) is 0 Å². The van der Waals surface area contributed by atoms with Gasteiger partial charge in [0.2, 0.25) is 0 Å². The van der Waals surface area contributed by atoms with Gasteiger partial charge in [0.1, 0.15) is 5.82 Å². The van der Waals surface area contributed by atoms with Gasteiger partial charge < -0.3 is 10.6 Å². The second kappa shape index (κ2) is 7.29. The zero-order chi connectivity index (χ0) is 16.1. The van der Waals surface area contributed by atoms with Crippen LogP contribution in [0.2, 0.25) is 0 Å². The minimum absolute atomic E-state index is 0.523. The molecule has 0 atom stereocenters. The fraction of sp³-hybridized carbons (Fsp3) is 0.105. The number of benzene rings is 2. The molecule has 0 spiro atoms. The molecule has 0 bridgehead atoms. The molecule has 0 saturated heterocycles. The smallest absolute Gasteiger partial charge is 0.125 e. The van der Waals surface area contributed by atoms with Crippen molar-refractivity contribution in [3.63, 3.8) is 0 Å². The number of hydrogen-bond donors (Lipinski definition) is 1. The first-order chi connectivity index (χ1) is 11.2. The molecular formula is C19H18BrN3. The number of rotatable bonds is 5. The highest BCUT2D eigenvalue weighted by molar-refractivity contribution is 9.10. The van der Waals surface area contributed by atoms with Gasteiger partial charge in [0.25, 0.3) is 0 Å². The van der Waals surface area contributed by atoms with Gasteiger partial charge in [-0.1, -0.05) is 60.7 Å². The summed E-state index contributed by atoms with van der Waals surface area (Å²) in [4.78, 5) is 6.44. The Balaban J connectivity index is 1.94. The van der Waals surface area contributed by atoms with E-state index in [-0.39, 0.29) is 0 Å². The van der Waals surface area contributed by atoms with Crippen LogP contribution < -0.4 is 10.6 Å². The van der Waals surface area contributed by atoms with Crippen LogP contribution in [-0.2, 0) is 13.1 Å². The summed E-state index contributed by atoms with van der Waals surface area (Å²) in [6.07, 6.45) is 1.76. The Bertz CT molecular complexity index is 719. The van der Waals surface area contributed by atoms with Gasteiger partial charge in [0, 0.05) is 25.4 Å². The van der Waals surface area contributed by atoms with Crippen LogP contribution in [-0.4, -0.2) is 4.98 Å². The molecule has 0 aliphatic heterocycles. The summed E-state index contributed by atoms with van der Waals surface area (Å²) in [5, 5.41) is 0. The van der Waals surface area contributed by atoms with E-state index in [4.69, 9.17) is 5.73 Å². The van der Waals surface area contributed by atoms with Crippen molar-refractivity contribution >= 4 is 27.4 Å². The summed E-state index contributed by atoms with van der Waals surface area (Å²) >= 11 is 3.60. The zero-order valence-corrected chi connectivity index (χ0v) is 14.3. The monoisotopic (exact) mass is 367 g/mol. The lowest BCUT2D eigenvalue weighted by Gasteiger charge is -2.26. The fourth-order valence-electron chi connectivity index (χ4n) is 2.52. The highest BCUT2D eigenvalue weighted by Crippen LogP contribution is 2.29. The maximum Gasteiger partial charge on any atom is 0.125 e. The minimum atomic E-state index is 0.523. The van der Waals surface area contributed by atoms with E-state index in [1.807, 2.05) is 18.2 Å². The van der Waals surface area contributed by atoms with Gasteiger partial charge >= 0.3 is 0 Å². The number of anilines is 2. The molecule has 0 fully saturated rings. The number of nitrogen functional groups attached to an aromatic ring is 1. The Hall–Kier alpha value is -2.33. The molecule has 0 aliphatic carbocycles. The number of pyridine rings is 1. The number of halogens is 1. The Kier molecular flexibility index (Phi) is 4.93. The zero-order valence-electron chi connectivity index (χ0n) is 12.7. The maximum absolute atomic E-state index is 5.89. The average Bonchev–Trinajstić information content (AvgIpc) is 2.58. The van der Waals surface area contributed by atoms with E-state index >= 15 is 0 Å². The van der Waals surface area contributed by atoms with Crippen molar-refractivity contribution < 1.29 is 0 Å². The third kappa shape index (κ3) is 4.11. The van der Waals surface area contributed by atoms with Crippen LogP contribution in [0.1, 0.15) is 11.1 Å². The maximum atomic E-state index is 5.89. The van der Waals surface area contributed by atoms with Gasteiger partial charge in [-0.2, -0.15) is 0 Å². The first-order valence-electron chi connectivity index (χ1n) is 7.46. The second-order valence-electron chi connectivity index (χ2n) is 5.39. The molecule has 0 amide bonds. The number of nitrogens with two attached hydrogens (primary N) is 1. The van der Waals surface area contributed by atoms with Gasteiger partial charge in [0.15, 0.2) is 0 Å². The third-order valence-electron chi connectivity index (χ3n) is 3.63. The van der Waals surface area contributed by atoms with Crippen molar-refractivity contribution in [1.29, 1.82) is 0 Å². The van der Waals surface area contributed by atoms with Crippen LogP contribution in [0.25, 0.3) is 0 Å². The van der Waals surface area contributed by atoms with Crippen LogP contribution >= 0.6 is 15.9 Å². The van der Waals surface area contributed by atoms with Crippen molar-refractivity contribution in [3.05, 3.63) is 88.5 Å². The quantitative estimate of drug-likeness (QED) is 0.714. The van der Waals surface area contributed by atoms with Crippen LogP contribution in [0, 0.1) is 0 Å². The topological polar surface area (TPSA) is 42.1 Å². The first kappa shape index (κ1) is 15.6. The molecule has 2 aromatic carbocycles. The van der Waals surface area contributed by atoms with Crippen LogP contribution in [0.5, 0.6) is 0 Å².